The lowest BCUT2D eigenvalue weighted by atomic mass is 9.99. The summed E-state index contributed by atoms with van der Waals surface area (Å²) in [6, 6.07) is 17.8. The highest BCUT2D eigenvalue weighted by molar-refractivity contribution is 6.26. The van der Waals surface area contributed by atoms with Gasteiger partial charge in [-0.2, -0.15) is 0 Å². The molecule has 0 saturated carbocycles. The van der Waals surface area contributed by atoms with Gasteiger partial charge in [0.15, 0.2) is 11.8 Å². The van der Waals surface area contributed by atoms with Crippen molar-refractivity contribution in [2.45, 2.75) is 0 Å². The van der Waals surface area contributed by atoms with E-state index in [9.17, 15) is 19.8 Å². The Morgan fingerprint density at radius 1 is 0.618 bits per heavy atom. The molecule has 4 heterocycles. The second-order valence-electron chi connectivity index (χ2n) is 8.26. The van der Waals surface area contributed by atoms with Crippen LogP contribution < -0.4 is 21.2 Å². The van der Waals surface area contributed by atoms with Gasteiger partial charge in [0.05, 0.1) is 33.0 Å². The van der Waals surface area contributed by atoms with Gasteiger partial charge in [-0.3, -0.25) is 9.59 Å². The fourth-order valence-corrected chi connectivity index (χ4v) is 4.97. The Hall–Kier alpha value is -4.98. The molecule has 0 unspecified atom stereocenters. The van der Waals surface area contributed by atoms with Crippen LogP contribution in [0.25, 0.3) is 33.0 Å². The number of fused-ring (bicyclic) bond motifs is 4. The Morgan fingerprint density at radius 2 is 1.24 bits per heavy atom. The van der Waals surface area contributed by atoms with Gasteiger partial charge in [-0.25, -0.2) is 9.98 Å². The van der Waals surface area contributed by atoms with Gasteiger partial charge in [-0.15, -0.1) is 0 Å². The van der Waals surface area contributed by atoms with Crippen LogP contribution in [-0.4, -0.2) is 32.0 Å². The number of aromatic nitrogens is 2. The molecule has 0 spiro atoms. The zero-order valence-electron chi connectivity index (χ0n) is 17.4. The van der Waals surface area contributed by atoms with Crippen molar-refractivity contribution in [1.82, 2.24) is 9.97 Å². The second kappa shape index (κ2) is 6.29. The molecule has 0 aliphatic carbocycles. The van der Waals surface area contributed by atoms with Gasteiger partial charge in [0, 0.05) is 32.2 Å². The number of para-hydroxylation sites is 2. The lowest BCUT2D eigenvalue weighted by molar-refractivity contribution is -0.113. The van der Waals surface area contributed by atoms with Crippen LogP contribution in [0, 0.1) is 0 Å². The predicted octanol–water partition coefficient (Wildman–Crippen LogP) is 0.778. The van der Waals surface area contributed by atoms with Gasteiger partial charge in [-0.1, -0.05) is 36.4 Å². The normalized spacial score (nSPS) is 14.6. The highest BCUT2D eigenvalue weighted by Crippen LogP contribution is 2.35. The lowest BCUT2D eigenvalue weighted by Crippen LogP contribution is -2.24. The molecule has 162 valence electrons. The van der Waals surface area contributed by atoms with Gasteiger partial charge in [0.2, 0.25) is 0 Å². The molecule has 0 saturated heterocycles. The van der Waals surface area contributed by atoms with Crippen molar-refractivity contribution in [3.05, 3.63) is 92.9 Å². The summed E-state index contributed by atoms with van der Waals surface area (Å²) in [6.45, 7) is 0. The number of hydrogen-bond acceptors (Lipinski definition) is 4. The van der Waals surface area contributed by atoms with Crippen LogP contribution in [0.5, 0.6) is 11.8 Å². The molecule has 0 bridgehead atoms. The van der Waals surface area contributed by atoms with Crippen molar-refractivity contribution in [3.8, 4) is 11.8 Å². The Morgan fingerprint density at radius 3 is 2.06 bits per heavy atom. The summed E-state index contributed by atoms with van der Waals surface area (Å²) >= 11 is 0. The molecule has 2 aliphatic rings. The van der Waals surface area contributed by atoms with E-state index in [1.807, 2.05) is 24.3 Å². The number of carbonyl (C=O) groups excluding carboxylic acids is 2. The molecule has 2 amide bonds. The zero-order chi connectivity index (χ0) is 23.1. The molecular weight excluding hydrogens is 432 g/mol. The molecule has 4 N–H and O–H groups in total. The maximum atomic E-state index is 13.0. The number of nitrogens with zero attached hydrogens (tertiary/aromatic N) is 2. The van der Waals surface area contributed by atoms with Gasteiger partial charge < -0.3 is 20.2 Å². The number of aromatic amines is 2. The molecule has 0 radical (unpaired) electrons. The van der Waals surface area contributed by atoms with Crippen LogP contribution in [-0.2, 0) is 9.59 Å². The number of aromatic hydroxyl groups is 2. The maximum absolute atomic E-state index is 13.0. The quantitative estimate of drug-likeness (QED) is 0.319. The Balaban J connectivity index is 1.57. The number of H-pyrrole nitrogens is 2. The number of hydrogen-bond donors (Lipinski definition) is 4. The highest BCUT2D eigenvalue weighted by Gasteiger charge is 2.28. The van der Waals surface area contributed by atoms with E-state index < -0.39 is 11.8 Å². The van der Waals surface area contributed by atoms with Crippen molar-refractivity contribution < 1.29 is 19.8 Å². The molecular formula is C26H14N4O4. The molecule has 0 atom stereocenters. The van der Waals surface area contributed by atoms with E-state index in [2.05, 4.69) is 20.0 Å². The number of carbonyl (C=O) groups is 2. The van der Waals surface area contributed by atoms with Crippen LogP contribution in [0.1, 0.15) is 11.1 Å². The lowest BCUT2D eigenvalue weighted by Gasteiger charge is -2.01. The van der Waals surface area contributed by atoms with Crippen LogP contribution in [0.3, 0.4) is 0 Å². The minimum atomic E-state index is -0.474. The molecule has 0 fully saturated rings. The first-order valence-corrected chi connectivity index (χ1v) is 10.6. The number of benzene rings is 3. The molecule has 8 nitrogen and oxygen atoms in total. The van der Waals surface area contributed by atoms with Crippen LogP contribution in [0.2, 0.25) is 0 Å². The van der Waals surface area contributed by atoms with Gasteiger partial charge in [0.25, 0.3) is 11.8 Å². The number of nitrogens with one attached hydrogen (secondary N) is 2. The molecule has 34 heavy (non-hydrogen) atoms. The largest absolute Gasteiger partial charge is 0.494 e. The average Bonchev–Trinajstić information content (AvgIpc) is 3.51. The van der Waals surface area contributed by atoms with Crippen molar-refractivity contribution in [1.29, 1.82) is 0 Å². The monoisotopic (exact) mass is 446 g/mol. The Labute approximate surface area is 189 Å². The van der Waals surface area contributed by atoms with E-state index in [0.29, 0.717) is 59.7 Å². The third-order valence-electron chi connectivity index (χ3n) is 6.40. The zero-order valence-corrected chi connectivity index (χ0v) is 17.4. The highest BCUT2D eigenvalue weighted by atomic mass is 16.3. The topological polar surface area (TPSA) is 131 Å². The average molecular weight is 446 g/mol. The summed E-state index contributed by atoms with van der Waals surface area (Å²) in [5.41, 5.74) is 2.49. The second-order valence-corrected chi connectivity index (χ2v) is 8.26. The van der Waals surface area contributed by atoms with Gasteiger partial charge >= 0.3 is 0 Å². The summed E-state index contributed by atoms with van der Waals surface area (Å²) in [6.07, 6.45) is 0. The summed E-state index contributed by atoms with van der Waals surface area (Å²) in [4.78, 5) is 39.9. The fourth-order valence-electron chi connectivity index (χ4n) is 4.97. The summed E-state index contributed by atoms with van der Waals surface area (Å²) in [5.74, 6) is -1.20. The van der Waals surface area contributed by atoms with E-state index in [4.69, 9.17) is 0 Å². The SMILES string of the molecule is O=C1N=c2cc3c(C4=c5ccccc5=NC4=O)c(O)[nH]c3cc2=C1c1c(O)[nH]c2ccccc12. The van der Waals surface area contributed by atoms with Gasteiger partial charge in [-0.05, 0) is 24.3 Å². The molecule has 7 rings (SSSR count). The molecule has 8 heteroatoms. The smallest absolute Gasteiger partial charge is 0.279 e. The predicted molar refractivity (Wildman–Crippen MR) is 123 cm³/mol. The summed E-state index contributed by atoms with van der Waals surface area (Å²) in [5, 5.41) is 24.7. The minimum Gasteiger partial charge on any atom is -0.494 e. The first-order chi connectivity index (χ1) is 16.5. The third-order valence-corrected chi connectivity index (χ3v) is 6.40. The summed E-state index contributed by atoms with van der Waals surface area (Å²) in [7, 11) is 0. The molecule has 2 aliphatic heterocycles. The van der Waals surface area contributed by atoms with Crippen molar-refractivity contribution in [3.63, 3.8) is 0 Å². The Kier molecular flexibility index (Phi) is 3.44. The molecule has 2 aromatic heterocycles. The van der Waals surface area contributed by atoms with Crippen LogP contribution in [0.15, 0.2) is 70.6 Å². The van der Waals surface area contributed by atoms with E-state index in [0.717, 1.165) is 0 Å². The van der Waals surface area contributed by atoms with Crippen molar-refractivity contribution in [2.75, 3.05) is 0 Å². The standard InChI is InChI=1S/C26H14N4O4/c31-23-19(11-5-1-3-7-15(11)27-23)21-13-9-18-14(10-17(13)29-25(21)33)22(26(34)30-18)20-12-6-2-4-8-16(12)28-24(20)32/h1-10,27,30-31,34H. The number of rotatable bonds is 2. The Bertz CT molecular complexity index is 2030. The van der Waals surface area contributed by atoms with E-state index >= 15 is 0 Å². The number of amides is 2. The minimum absolute atomic E-state index is 0.118. The van der Waals surface area contributed by atoms with E-state index in [1.54, 1.807) is 36.4 Å². The maximum Gasteiger partial charge on any atom is 0.279 e. The summed E-state index contributed by atoms with van der Waals surface area (Å²) < 4.78 is 0. The van der Waals surface area contributed by atoms with Crippen molar-refractivity contribution >= 4 is 44.8 Å². The van der Waals surface area contributed by atoms with Crippen LogP contribution >= 0.6 is 0 Å². The van der Waals surface area contributed by atoms with Gasteiger partial charge in [0.1, 0.15) is 0 Å². The first-order valence-electron chi connectivity index (χ1n) is 10.6. The van der Waals surface area contributed by atoms with Crippen molar-refractivity contribution in [2.24, 2.45) is 9.98 Å². The fraction of sp³-hybridized carbons (Fsp3) is 0. The van der Waals surface area contributed by atoms with Crippen LogP contribution in [0.4, 0.5) is 0 Å². The van der Waals surface area contributed by atoms with E-state index in [1.165, 1.54) is 0 Å². The molecule has 3 aromatic carbocycles. The first kappa shape index (κ1) is 18.6. The third kappa shape index (κ3) is 2.31. The molecule has 5 aromatic rings. The van der Waals surface area contributed by atoms with E-state index in [-0.39, 0.29) is 17.3 Å².